The number of benzene rings is 1. The molecule has 2 fully saturated rings. The lowest BCUT2D eigenvalue weighted by atomic mass is 9.83. The molecule has 7 heteroatoms. The Morgan fingerprint density at radius 2 is 2.07 bits per heavy atom. The van der Waals surface area contributed by atoms with Crippen molar-refractivity contribution in [2.45, 2.75) is 57.7 Å². The van der Waals surface area contributed by atoms with Crippen LogP contribution in [-0.2, 0) is 9.59 Å². The van der Waals surface area contributed by atoms with Gasteiger partial charge in [-0.25, -0.2) is 5.43 Å². The van der Waals surface area contributed by atoms with E-state index in [0.717, 1.165) is 38.0 Å². The van der Waals surface area contributed by atoms with Crippen molar-refractivity contribution in [3.8, 4) is 5.75 Å². The first-order chi connectivity index (χ1) is 14.1. The van der Waals surface area contributed by atoms with E-state index >= 15 is 0 Å². The van der Waals surface area contributed by atoms with Crippen molar-refractivity contribution in [1.82, 2.24) is 21.1 Å². The van der Waals surface area contributed by atoms with Crippen LogP contribution in [0.2, 0.25) is 0 Å². The fourth-order valence-electron chi connectivity index (χ4n) is 4.26. The topological polar surface area (TPSA) is 82.7 Å². The van der Waals surface area contributed by atoms with E-state index in [1.807, 2.05) is 30.3 Å². The maximum atomic E-state index is 12.7. The smallest absolute Gasteiger partial charge is 0.240 e. The molecule has 2 aliphatic heterocycles. The first kappa shape index (κ1) is 21.6. The van der Waals surface area contributed by atoms with Crippen LogP contribution in [0.1, 0.15) is 45.4 Å². The quantitative estimate of drug-likeness (QED) is 0.620. The lowest BCUT2D eigenvalue weighted by Gasteiger charge is -2.39. The van der Waals surface area contributed by atoms with E-state index < -0.39 is 0 Å². The van der Waals surface area contributed by atoms with Gasteiger partial charge in [0.1, 0.15) is 11.8 Å². The molecule has 0 bridgehead atoms. The Morgan fingerprint density at radius 1 is 1.28 bits per heavy atom. The highest BCUT2D eigenvalue weighted by molar-refractivity contribution is 5.85. The maximum Gasteiger partial charge on any atom is 0.240 e. The zero-order valence-electron chi connectivity index (χ0n) is 17.5. The van der Waals surface area contributed by atoms with Crippen LogP contribution >= 0.6 is 0 Å². The minimum Gasteiger partial charge on any atom is -0.494 e. The largest absolute Gasteiger partial charge is 0.494 e. The number of piperidine rings is 1. The number of amides is 2. The second-order valence-corrected chi connectivity index (χ2v) is 8.17. The fraction of sp³-hybridized carbons (Fsp3) is 0.636. The number of carbonyl (C=O) groups excluding carboxylic acids is 2. The van der Waals surface area contributed by atoms with Crippen LogP contribution in [0.4, 0.5) is 0 Å². The molecule has 0 spiro atoms. The number of hydrogen-bond acceptors (Lipinski definition) is 5. The van der Waals surface area contributed by atoms with Gasteiger partial charge in [0.05, 0.1) is 12.8 Å². The molecule has 4 unspecified atom stereocenters. The van der Waals surface area contributed by atoms with Crippen LogP contribution in [0, 0.1) is 11.8 Å². The second-order valence-electron chi connectivity index (χ2n) is 8.17. The van der Waals surface area contributed by atoms with E-state index in [-0.39, 0.29) is 24.0 Å². The van der Waals surface area contributed by atoms with Crippen LogP contribution < -0.4 is 20.8 Å². The molecule has 0 aromatic heterocycles. The lowest BCUT2D eigenvalue weighted by Crippen LogP contribution is -2.61. The van der Waals surface area contributed by atoms with Crippen LogP contribution in [0.15, 0.2) is 30.3 Å². The number of hydrogen-bond donors (Lipinski definition) is 3. The van der Waals surface area contributed by atoms with Gasteiger partial charge in [0.25, 0.3) is 0 Å². The molecule has 3 N–H and O–H groups in total. The third-order valence-electron chi connectivity index (χ3n) is 5.92. The van der Waals surface area contributed by atoms with E-state index in [2.05, 4.69) is 23.0 Å². The normalized spacial score (nSPS) is 27.5. The van der Waals surface area contributed by atoms with Gasteiger partial charge in [-0.1, -0.05) is 31.5 Å². The number of rotatable bonds is 8. The maximum absolute atomic E-state index is 12.7. The molecule has 2 aliphatic rings. The molecule has 160 valence electrons. The predicted molar refractivity (Wildman–Crippen MR) is 112 cm³/mol. The first-order valence-corrected chi connectivity index (χ1v) is 10.8. The molecule has 2 amide bonds. The van der Waals surface area contributed by atoms with Crippen LogP contribution in [-0.4, -0.2) is 49.2 Å². The summed E-state index contributed by atoms with van der Waals surface area (Å²) in [4.78, 5) is 24.3. The Bertz CT molecular complexity index is 669. The number of carbonyl (C=O) groups is 2. The Balaban J connectivity index is 1.46. The van der Waals surface area contributed by atoms with Crippen molar-refractivity contribution < 1.29 is 14.3 Å². The molecular formula is C22H34N4O3. The highest BCUT2D eigenvalue weighted by Crippen LogP contribution is 2.27. The second kappa shape index (κ2) is 10.6. The lowest BCUT2D eigenvalue weighted by molar-refractivity contribution is -0.140. The number of para-hydroxylation sites is 1. The van der Waals surface area contributed by atoms with Crippen LogP contribution in [0.3, 0.4) is 0 Å². The summed E-state index contributed by atoms with van der Waals surface area (Å²) in [6.45, 7) is 3.77. The summed E-state index contributed by atoms with van der Waals surface area (Å²) >= 11 is 0. The van der Waals surface area contributed by atoms with Crippen molar-refractivity contribution in [1.29, 1.82) is 0 Å². The van der Waals surface area contributed by atoms with Crippen molar-refractivity contribution in [2.75, 3.05) is 20.2 Å². The standard InChI is InChI=1S/C22H34N4O3/c1-3-7-17-14-16(12-13-29-18-8-5-4-6-9-18)15-23-21(17)24-22(28)19-10-11-20(27)26(2)25-19/h4-6,8-9,16-17,19,21,23,25H,3,7,10-15H2,1-2H3,(H,24,28). The van der Waals surface area contributed by atoms with Crippen molar-refractivity contribution in [3.05, 3.63) is 30.3 Å². The van der Waals surface area contributed by atoms with Gasteiger partial charge in [-0.15, -0.1) is 0 Å². The number of nitrogens with zero attached hydrogens (tertiary/aromatic N) is 1. The number of nitrogens with one attached hydrogen (secondary N) is 3. The average molecular weight is 403 g/mol. The molecule has 1 aromatic rings. The Kier molecular flexibility index (Phi) is 7.89. The Hall–Kier alpha value is -2.12. The summed E-state index contributed by atoms with van der Waals surface area (Å²) in [5.74, 6) is 1.85. The van der Waals surface area contributed by atoms with Gasteiger partial charge in [-0.05, 0) is 56.2 Å². The SMILES string of the molecule is CCCC1CC(CCOc2ccccc2)CNC1NC(=O)C1CCC(=O)N(C)N1. The fourth-order valence-corrected chi connectivity index (χ4v) is 4.26. The molecule has 2 saturated heterocycles. The van der Waals surface area contributed by atoms with Crippen LogP contribution in [0.5, 0.6) is 5.75 Å². The number of ether oxygens (including phenoxy) is 1. The highest BCUT2D eigenvalue weighted by Gasteiger charge is 2.34. The van der Waals surface area contributed by atoms with E-state index in [4.69, 9.17) is 4.74 Å². The van der Waals surface area contributed by atoms with Gasteiger partial charge in [0.15, 0.2) is 0 Å². The van der Waals surface area contributed by atoms with Crippen LogP contribution in [0.25, 0.3) is 0 Å². The summed E-state index contributed by atoms with van der Waals surface area (Å²) in [5.41, 5.74) is 2.98. The average Bonchev–Trinajstić information content (AvgIpc) is 2.73. The van der Waals surface area contributed by atoms with E-state index in [0.29, 0.717) is 31.3 Å². The minimum atomic E-state index is -0.348. The van der Waals surface area contributed by atoms with Gasteiger partial charge < -0.3 is 10.1 Å². The van der Waals surface area contributed by atoms with Gasteiger partial charge in [-0.2, -0.15) is 0 Å². The molecule has 0 radical (unpaired) electrons. The Labute approximate surface area is 173 Å². The summed E-state index contributed by atoms with van der Waals surface area (Å²) in [5, 5.41) is 8.15. The molecule has 4 atom stereocenters. The van der Waals surface area contributed by atoms with Crippen molar-refractivity contribution in [2.24, 2.45) is 11.8 Å². The third kappa shape index (κ3) is 6.18. The zero-order chi connectivity index (χ0) is 20.6. The molecule has 0 saturated carbocycles. The predicted octanol–water partition coefficient (Wildman–Crippen LogP) is 2.05. The summed E-state index contributed by atoms with van der Waals surface area (Å²) in [6, 6.07) is 9.57. The molecule has 29 heavy (non-hydrogen) atoms. The van der Waals surface area contributed by atoms with E-state index in [1.165, 1.54) is 5.01 Å². The molecule has 2 heterocycles. The number of hydrazine groups is 1. The summed E-state index contributed by atoms with van der Waals surface area (Å²) < 4.78 is 5.86. The molecule has 1 aromatic carbocycles. The Morgan fingerprint density at radius 3 is 2.79 bits per heavy atom. The van der Waals surface area contributed by atoms with Gasteiger partial charge in [0, 0.05) is 13.5 Å². The van der Waals surface area contributed by atoms with Gasteiger partial charge in [0.2, 0.25) is 11.8 Å². The van der Waals surface area contributed by atoms with E-state index in [9.17, 15) is 9.59 Å². The minimum absolute atomic E-state index is 0.0153. The van der Waals surface area contributed by atoms with Crippen molar-refractivity contribution >= 4 is 11.8 Å². The first-order valence-electron chi connectivity index (χ1n) is 10.8. The van der Waals surface area contributed by atoms with Crippen molar-refractivity contribution in [3.63, 3.8) is 0 Å². The molecular weight excluding hydrogens is 368 g/mol. The zero-order valence-corrected chi connectivity index (χ0v) is 17.5. The third-order valence-corrected chi connectivity index (χ3v) is 5.92. The molecule has 7 nitrogen and oxygen atoms in total. The summed E-state index contributed by atoms with van der Waals surface area (Å²) in [6.07, 6.45) is 5.18. The molecule has 0 aliphatic carbocycles. The van der Waals surface area contributed by atoms with Gasteiger partial charge in [-0.3, -0.25) is 19.9 Å². The van der Waals surface area contributed by atoms with E-state index in [1.54, 1.807) is 7.05 Å². The van der Waals surface area contributed by atoms with Gasteiger partial charge >= 0.3 is 0 Å². The molecule has 3 rings (SSSR count). The highest BCUT2D eigenvalue weighted by atomic mass is 16.5. The monoisotopic (exact) mass is 402 g/mol. The summed E-state index contributed by atoms with van der Waals surface area (Å²) in [7, 11) is 1.67.